The summed E-state index contributed by atoms with van der Waals surface area (Å²) in [6.07, 6.45) is 5.26. The van der Waals surface area contributed by atoms with E-state index in [9.17, 15) is 18.0 Å². The fourth-order valence-electron chi connectivity index (χ4n) is 4.58. The number of hydrogen-bond acceptors (Lipinski definition) is 5. The molecule has 162 valence electrons. The average molecular weight is 422 g/mol. The molecule has 0 atom stereocenters. The number of hydrogen-bond donors (Lipinski definition) is 0. The highest BCUT2D eigenvalue weighted by molar-refractivity contribution is 6.04. The van der Waals surface area contributed by atoms with Crippen molar-refractivity contribution in [2.45, 2.75) is 56.8 Å². The Morgan fingerprint density at radius 3 is 2.43 bits per heavy atom. The van der Waals surface area contributed by atoms with Gasteiger partial charge in [-0.3, -0.25) is 9.69 Å². The third-order valence-electron chi connectivity index (χ3n) is 6.12. The fourth-order valence-corrected chi connectivity index (χ4v) is 4.58. The number of amides is 1. The minimum Gasteiger partial charge on any atom is -0.320 e. The van der Waals surface area contributed by atoms with Gasteiger partial charge in [0.25, 0.3) is 5.91 Å². The molecule has 2 aromatic rings. The van der Waals surface area contributed by atoms with Crippen LogP contribution in [0.4, 0.5) is 19.0 Å². The van der Waals surface area contributed by atoms with E-state index >= 15 is 0 Å². The lowest BCUT2D eigenvalue weighted by Gasteiger charge is -2.39. The predicted molar refractivity (Wildman–Crippen MR) is 104 cm³/mol. The lowest BCUT2D eigenvalue weighted by molar-refractivity contribution is -0.141. The molecule has 0 bridgehead atoms. The first-order chi connectivity index (χ1) is 14.3. The topological polar surface area (TPSA) is 67.2 Å². The van der Waals surface area contributed by atoms with E-state index in [1.54, 1.807) is 29.0 Å². The molecule has 1 saturated carbocycles. The molecule has 3 heterocycles. The molecule has 2 aliphatic rings. The van der Waals surface area contributed by atoms with Crippen LogP contribution in [0, 0.1) is 0 Å². The van der Waals surface area contributed by atoms with E-state index in [2.05, 4.69) is 19.9 Å². The fraction of sp³-hybridized carbons (Fsp3) is 0.600. The van der Waals surface area contributed by atoms with Gasteiger partial charge in [0.1, 0.15) is 23.5 Å². The Morgan fingerprint density at radius 1 is 1.13 bits per heavy atom. The molecule has 1 amide bonds. The zero-order valence-corrected chi connectivity index (χ0v) is 16.8. The zero-order chi connectivity index (χ0) is 21.3. The third kappa shape index (κ3) is 4.19. The molecule has 10 heteroatoms. The van der Waals surface area contributed by atoms with E-state index in [0.717, 1.165) is 51.2 Å². The Hall–Kier alpha value is -2.49. The highest BCUT2D eigenvalue weighted by atomic mass is 19.4. The normalized spacial score (nSPS) is 22.9. The lowest BCUT2D eigenvalue weighted by Crippen LogP contribution is -2.47. The molecule has 4 rings (SSSR count). The van der Waals surface area contributed by atoms with Gasteiger partial charge in [-0.15, -0.1) is 0 Å². The van der Waals surface area contributed by atoms with Crippen molar-refractivity contribution in [1.82, 2.24) is 24.4 Å². The molecular weight excluding hydrogens is 397 g/mol. The molecule has 1 aliphatic heterocycles. The number of likely N-dealkylation sites (tertiary alicyclic amines) is 1. The number of aryl methyl sites for hydroxylation is 1. The first-order valence-electron chi connectivity index (χ1n) is 10.3. The van der Waals surface area contributed by atoms with Crippen LogP contribution in [-0.2, 0) is 13.2 Å². The molecular formula is C20H25F3N6O. The molecule has 0 aromatic carbocycles. The quantitative estimate of drug-likeness (QED) is 0.757. The van der Waals surface area contributed by atoms with Gasteiger partial charge in [0, 0.05) is 25.2 Å². The molecule has 0 unspecified atom stereocenters. The zero-order valence-electron chi connectivity index (χ0n) is 16.8. The van der Waals surface area contributed by atoms with Crippen LogP contribution < -0.4 is 4.90 Å². The van der Waals surface area contributed by atoms with E-state index in [4.69, 9.17) is 0 Å². The number of carbonyl (C=O) groups excluding carboxylic acids is 1. The molecule has 0 spiro atoms. The lowest BCUT2D eigenvalue weighted by atomic mass is 9.89. The number of alkyl halides is 3. The Bertz CT molecular complexity index is 885. The average Bonchev–Trinajstić information content (AvgIpc) is 3.41. The van der Waals surface area contributed by atoms with Crippen LogP contribution in [-0.4, -0.2) is 55.5 Å². The van der Waals surface area contributed by atoms with Crippen molar-refractivity contribution in [3.8, 4) is 0 Å². The highest BCUT2D eigenvalue weighted by Gasteiger charge is 2.37. The summed E-state index contributed by atoms with van der Waals surface area (Å²) in [6.45, 7) is 2.25. The van der Waals surface area contributed by atoms with Crippen molar-refractivity contribution in [1.29, 1.82) is 0 Å². The van der Waals surface area contributed by atoms with Crippen LogP contribution in [0.2, 0.25) is 0 Å². The summed E-state index contributed by atoms with van der Waals surface area (Å²) in [7, 11) is 1.76. The number of nitrogens with zero attached hydrogens (tertiary/aromatic N) is 6. The van der Waals surface area contributed by atoms with E-state index < -0.39 is 17.8 Å². The van der Waals surface area contributed by atoms with E-state index in [1.807, 2.05) is 0 Å². The van der Waals surface area contributed by atoms with Crippen LogP contribution in [0.1, 0.15) is 54.7 Å². The number of halogens is 3. The number of carbonyl (C=O) groups is 1. The second-order valence-corrected chi connectivity index (χ2v) is 8.03. The highest BCUT2D eigenvalue weighted by Crippen LogP contribution is 2.33. The van der Waals surface area contributed by atoms with Crippen LogP contribution >= 0.6 is 0 Å². The van der Waals surface area contributed by atoms with Crippen LogP contribution in [0.25, 0.3) is 0 Å². The van der Waals surface area contributed by atoms with Gasteiger partial charge in [-0.25, -0.2) is 15.0 Å². The predicted octanol–water partition coefficient (Wildman–Crippen LogP) is 3.28. The molecule has 0 N–H and O–H groups in total. The summed E-state index contributed by atoms with van der Waals surface area (Å²) in [4.78, 5) is 28.6. The van der Waals surface area contributed by atoms with Crippen LogP contribution in [0.15, 0.2) is 24.9 Å². The summed E-state index contributed by atoms with van der Waals surface area (Å²) in [5, 5.41) is 0. The van der Waals surface area contributed by atoms with Gasteiger partial charge in [0.15, 0.2) is 0 Å². The van der Waals surface area contributed by atoms with Crippen molar-refractivity contribution in [3.63, 3.8) is 0 Å². The molecule has 1 saturated heterocycles. The Morgan fingerprint density at radius 2 is 1.83 bits per heavy atom. The van der Waals surface area contributed by atoms with Crippen molar-refractivity contribution < 1.29 is 18.0 Å². The molecule has 1 aliphatic carbocycles. The van der Waals surface area contributed by atoms with Crippen LogP contribution in [0.3, 0.4) is 0 Å². The molecule has 0 radical (unpaired) electrons. The Labute approximate surface area is 172 Å². The Balaban J connectivity index is 1.58. The maximum absolute atomic E-state index is 13.3. The van der Waals surface area contributed by atoms with Crippen molar-refractivity contribution >= 4 is 11.7 Å². The minimum absolute atomic E-state index is 0.115. The van der Waals surface area contributed by atoms with Gasteiger partial charge in [-0.1, -0.05) is 0 Å². The summed E-state index contributed by atoms with van der Waals surface area (Å²) >= 11 is 0. The summed E-state index contributed by atoms with van der Waals surface area (Å²) in [5.41, 5.74) is -1.39. The van der Waals surface area contributed by atoms with E-state index in [1.165, 1.54) is 12.8 Å². The second-order valence-electron chi connectivity index (χ2n) is 8.03. The maximum Gasteiger partial charge on any atom is 0.433 e. The third-order valence-corrected chi connectivity index (χ3v) is 6.12. The minimum atomic E-state index is -4.64. The summed E-state index contributed by atoms with van der Waals surface area (Å²) in [5.74, 6) is -0.00656. The number of aromatic nitrogens is 4. The SMILES string of the molecule is Cn1cncc1N(C(=O)c1cc(C(F)(F)F)ncn1)C1CCC(N2CCCC2)CC1. The maximum atomic E-state index is 13.3. The van der Waals surface area contributed by atoms with E-state index in [-0.39, 0.29) is 11.7 Å². The largest absolute Gasteiger partial charge is 0.433 e. The van der Waals surface area contributed by atoms with Crippen molar-refractivity contribution in [2.75, 3.05) is 18.0 Å². The van der Waals surface area contributed by atoms with Crippen LogP contribution in [0.5, 0.6) is 0 Å². The number of anilines is 1. The van der Waals surface area contributed by atoms with Gasteiger partial charge in [-0.05, 0) is 51.6 Å². The molecule has 7 nitrogen and oxygen atoms in total. The van der Waals surface area contributed by atoms with Gasteiger partial charge in [0.05, 0.1) is 12.5 Å². The van der Waals surface area contributed by atoms with Gasteiger partial charge < -0.3 is 9.47 Å². The smallest absolute Gasteiger partial charge is 0.320 e. The van der Waals surface area contributed by atoms with Crippen molar-refractivity contribution in [3.05, 3.63) is 36.3 Å². The van der Waals surface area contributed by atoms with E-state index in [0.29, 0.717) is 11.9 Å². The summed E-state index contributed by atoms with van der Waals surface area (Å²) < 4.78 is 40.9. The monoisotopic (exact) mass is 422 g/mol. The van der Waals surface area contributed by atoms with Crippen molar-refractivity contribution in [2.24, 2.45) is 7.05 Å². The van der Waals surface area contributed by atoms with Gasteiger partial charge >= 0.3 is 6.18 Å². The second kappa shape index (κ2) is 8.33. The molecule has 2 fully saturated rings. The first kappa shape index (κ1) is 20.8. The van der Waals surface area contributed by atoms with Gasteiger partial charge in [-0.2, -0.15) is 13.2 Å². The molecule has 2 aromatic heterocycles. The molecule has 30 heavy (non-hydrogen) atoms. The standard InChI is InChI=1S/C20H25F3N6O/c1-27-13-24-11-18(27)29(15-6-4-14(5-7-15)28-8-2-3-9-28)19(30)16-10-17(20(21,22)23)26-12-25-16/h10-15H,2-9H2,1H3. The summed E-state index contributed by atoms with van der Waals surface area (Å²) in [6, 6.07) is 1.13. The van der Waals surface area contributed by atoms with Gasteiger partial charge in [0.2, 0.25) is 0 Å². The number of imidazole rings is 1. The number of rotatable bonds is 4. The Kier molecular flexibility index (Phi) is 5.77. The first-order valence-corrected chi connectivity index (χ1v) is 10.3.